The second kappa shape index (κ2) is 5.48. The van der Waals surface area contributed by atoms with E-state index in [4.69, 9.17) is 0 Å². The van der Waals surface area contributed by atoms with Crippen molar-refractivity contribution in [1.29, 1.82) is 0 Å². The van der Waals surface area contributed by atoms with Crippen LogP contribution in [0.5, 0.6) is 0 Å². The molecule has 3 nitrogen and oxygen atoms in total. The van der Waals surface area contributed by atoms with E-state index in [9.17, 15) is 9.18 Å². The number of nitrogens with one attached hydrogen (secondary N) is 1. The van der Waals surface area contributed by atoms with Gasteiger partial charge in [-0.1, -0.05) is 12.1 Å². The molecule has 92 valence electrons. The largest absolute Gasteiger partial charge is 0.384 e. The van der Waals surface area contributed by atoms with Crippen molar-refractivity contribution in [3.8, 4) is 0 Å². The number of hydrogen-bond donors (Lipinski definition) is 1. The first-order valence-electron chi connectivity index (χ1n) is 5.35. The first-order chi connectivity index (χ1) is 7.97. The molecule has 0 bridgehead atoms. The summed E-state index contributed by atoms with van der Waals surface area (Å²) in [5, 5.41) is 2.78. The zero-order chi connectivity index (χ0) is 13.0. The smallest absolute Gasteiger partial charge is 0.177 e. The number of rotatable bonds is 4. The maximum atomic E-state index is 13.8. The second-order valence-corrected chi connectivity index (χ2v) is 3.87. The van der Waals surface area contributed by atoms with E-state index in [0.717, 1.165) is 0 Å². The minimum atomic E-state index is -0.273. The number of hydrogen-bond acceptors (Lipinski definition) is 3. The molecule has 1 aromatic carbocycles. The minimum absolute atomic E-state index is 0.0904. The molecule has 1 N–H and O–H groups in total. The fourth-order valence-corrected chi connectivity index (χ4v) is 1.50. The Morgan fingerprint density at radius 3 is 2.65 bits per heavy atom. The number of ketones is 1. The fraction of sp³-hybridized carbons (Fsp3) is 0.308. The standard InChI is InChI=1S/C13H17FN2O/c1-9-6-5-7-12(13(9)14)16(4)8-11(15-3)10(2)17/h5-8,15H,1-4H3/b11-8-. The summed E-state index contributed by atoms with van der Waals surface area (Å²) in [7, 11) is 3.37. The molecular formula is C13H17FN2O. The maximum Gasteiger partial charge on any atom is 0.177 e. The summed E-state index contributed by atoms with van der Waals surface area (Å²) in [5.41, 5.74) is 1.46. The average molecular weight is 236 g/mol. The molecule has 0 saturated heterocycles. The maximum absolute atomic E-state index is 13.8. The first kappa shape index (κ1) is 13.2. The normalized spacial score (nSPS) is 11.2. The molecule has 4 heteroatoms. The molecule has 0 fully saturated rings. The van der Waals surface area contributed by atoms with Crippen molar-refractivity contribution in [3.05, 3.63) is 41.5 Å². The van der Waals surface area contributed by atoms with Crippen LogP contribution in [0.25, 0.3) is 0 Å². The molecule has 0 aromatic heterocycles. The molecule has 1 aromatic rings. The van der Waals surface area contributed by atoms with Crippen LogP contribution in [0.3, 0.4) is 0 Å². The van der Waals surface area contributed by atoms with Crippen LogP contribution in [-0.4, -0.2) is 19.9 Å². The number of halogens is 1. The average Bonchev–Trinajstić information content (AvgIpc) is 2.28. The van der Waals surface area contributed by atoms with Gasteiger partial charge in [0.1, 0.15) is 5.82 Å². The van der Waals surface area contributed by atoms with Crippen LogP contribution in [0.1, 0.15) is 12.5 Å². The summed E-state index contributed by atoms with van der Waals surface area (Å²) in [6.07, 6.45) is 1.58. The molecule has 1 rings (SSSR count). The quantitative estimate of drug-likeness (QED) is 0.814. The Morgan fingerprint density at radius 1 is 1.47 bits per heavy atom. The van der Waals surface area contributed by atoms with Crippen molar-refractivity contribution in [2.45, 2.75) is 13.8 Å². The number of allylic oxidation sites excluding steroid dienone is 1. The third-order valence-electron chi connectivity index (χ3n) is 2.52. The van der Waals surface area contributed by atoms with E-state index in [0.29, 0.717) is 16.9 Å². The minimum Gasteiger partial charge on any atom is -0.384 e. The lowest BCUT2D eigenvalue weighted by Gasteiger charge is -2.17. The highest BCUT2D eigenvalue weighted by atomic mass is 19.1. The third-order valence-corrected chi connectivity index (χ3v) is 2.52. The number of carbonyl (C=O) groups excluding carboxylic acids is 1. The van der Waals surface area contributed by atoms with Gasteiger partial charge in [-0.3, -0.25) is 4.79 Å². The Balaban J connectivity index is 3.08. The van der Waals surface area contributed by atoms with Crippen LogP contribution in [0.2, 0.25) is 0 Å². The van der Waals surface area contributed by atoms with Gasteiger partial charge in [-0.15, -0.1) is 0 Å². The van der Waals surface area contributed by atoms with E-state index >= 15 is 0 Å². The molecule has 0 atom stereocenters. The Bertz CT molecular complexity index is 455. The second-order valence-electron chi connectivity index (χ2n) is 3.87. The summed E-state index contributed by atoms with van der Waals surface area (Å²) in [6, 6.07) is 5.16. The van der Waals surface area contributed by atoms with Gasteiger partial charge in [0.05, 0.1) is 11.4 Å². The van der Waals surface area contributed by atoms with Gasteiger partial charge in [0.2, 0.25) is 0 Å². The predicted octanol–water partition coefficient (Wildman–Crippen LogP) is 2.22. The molecule has 0 heterocycles. The lowest BCUT2D eigenvalue weighted by atomic mass is 10.2. The van der Waals surface area contributed by atoms with Crippen LogP contribution in [0, 0.1) is 12.7 Å². The molecule has 0 aliphatic carbocycles. The van der Waals surface area contributed by atoms with Crippen LogP contribution >= 0.6 is 0 Å². The summed E-state index contributed by atoms with van der Waals surface area (Å²) < 4.78 is 13.8. The number of carbonyl (C=O) groups is 1. The highest BCUT2D eigenvalue weighted by molar-refractivity contribution is 5.93. The van der Waals surface area contributed by atoms with Gasteiger partial charge in [0.25, 0.3) is 0 Å². The molecule has 0 amide bonds. The molecule has 0 unspecified atom stereocenters. The Kier molecular flexibility index (Phi) is 4.26. The summed E-state index contributed by atoms with van der Waals surface area (Å²) in [4.78, 5) is 12.8. The van der Waals surface area contributed by atoms with Gasteiger partial charge >= 0.3 is 0 Å². The lowest BCUT2D eigenvalue weighted by Crippen LogP contribution is -2.20. The first-order valence-corrected chi connectivity index (χ1v) is 5.35. The lowest BCUT2D eigenvalue weighted by molar-refractivity contribution is -0.113. The molecule has 17 heavy (non-hydrogen) atoms. The van der Waals surface area contributed by atoms with Crippen molar-refractivity contribution >= 4 is 11.5 Å². The highest BCUT2D eigenvalue weighted by Crippen LogP contribution is 2.21. The number of anilines is 1. The molecule has 0 radical (unpaired) electrons. The number of aryl methyl sites for hydroxylation is 1. The topological polar surface area (TPSA) is 32.3 Å². The number of nitrogens with zero attached hydrogens (tertiary/aromatic N) is 1. The van der Waals surface area contributed by atoms with Crippen molar-refractivity contribution in [2.24, 2.45) is 0 Å². The highest BCUT2D eigenvalue weighted by Gasteiger charge is 2.09. The zero-order valence-electron chi connectivity index (χ0n) is 10.5. The third kappa shape index (κ3) is 3.06. The Morgan fingerprint density at radius 2 is 2.12 bits per heavy atom. The van der Waals surface area contributed by atoms with Crippen LogP contribution in [0.15, 0.2) is 30.1 Å². The number of Topliss-reactive ketones (excluding diaryl/α,β-unsaturated/α-hetero) is 1. The molecule has 0 aliphatic rings. The van der Waals surface area contributed by atoms with Gasteiger partial charge in [0, 0.05) is 27.2 Å². The van der Waals surface area contributed by atoms with Crippen LogP contribution < -0.4 is 10.2 Å². The van der Waals surface area contributed by atoms with Gasteiger partial charge in [-0.2, -0.15) is 0 Å². The number of likely N-dealkylation sites (N-methyl/N-ethyl adjacent to an activating group) is 1. The summed E-state index contributed by atoms with van der Waals surface area (Å²) >= 11 is 0. The van der Waals surface area contributed by atoms with Crippen LogP contribution in [0.4, 0.5) is 10.1 Å². The molecule has 0 saturated carbocycles. The van der Waals surface area contributed by atoms with E-state index in [1.54, 1.807) is 50.3 Å². The van der Waals surface area contributed by atoms with Crippen molar-refractivity contribution in [2.75, 3.05) is 19.0 Å². The zero-order valence-corrected chi connectivity index (χ0v) is 10.5. The van der Waals surface area contributed by atoms with E-state index in [1.807, 2.05) is 0 Å². The van der Waals surface area contributed by atoms with E-state index in [1.165, 1.54) is 6.92 Å². The molecule has 0 aliphatic heterocycles. The van der Waals surface area contributed by atoms with Gasteiger partial charge < -0.3 is 10.2 Å². The monoisotopic (exact) mass is 236 g/mol. The van der Waals surface area contributed by atoms with Gasteiger partial charge in [-0.25, -0.2) is 4.39 Å². The van der Waals surface area contributed by atoms with Crippen molar-refractivity contribution in [3.63, 3.8) is 0 Å². The summed E-state index contributed by atoms with van der Waals surface area (Å²) in [5.74, 6) is -0.363. The van der Waals surface area contributed by atoms with Crippen molar-refractivity contribution in [1.82, 2.24) is 5.32 Å². The van der Waals surface area contributed by atoms with E-state index < -0.39 is 0 Å². The van der Waals surface area contributed by atoms with Crippen molar-refractivity contribution < 1.29 is 9.18 Å². The Labute approximate surface area is 101 Å². The molecular weight excluding hydrogens is 219 g/mol. The van der Waals surface area contributed by atoms with Crippen LogP contribution in [-0.2, 0) is 4.79 Å². The Hall–Kier alpha value is -1.84. The molecule has 0 spiro atoms. The fourth-order valence-electron chi connectivity index (χ4n) is 1.50. The van der Waals surface area contributed by atoms with E-state index in [2.05, 4.69) is 5.32 Å². The SMILES string of the molecule is CN/C(=C\N(C)c1cccc(C)c1F)C(C)=O. The summed E-state index contributed by atoms with van der Waals surface area (Å²) in [6.45, 7) is 3.17. The van der Waals surface area contributed by atoms with Gasteiger partial charge in [0.15, 0.2) is 5.78 Å². The van der Waals surface area contributed by atoms with Gasteiger partial charge in [-0.05, 0) is 18.6 Å². The number of benzene rings is 1. The predicted molar refractivity (Wildman–Crippen MR) is 67.4 cm³/mol. The van der Waals surface area contributed by atoms with E-state index in [-0.39, 0.29) is 11.6 Å².